The molecule has 2 rings (SSSR count). The molecule has 0 saturated carbocycles. The van der Waals surface area contributed by atoms with Crippen molar-refractivity contribution < 1.29 is 9.00 Å². The van der Waals surface area contributed by atoms with Crippen molar-refractivity contribution >= 4 is 51.0 Å². The number of carbonyl (C=O) groups excluding carboxylic acids is 1. The molecule has 0 aromatic carbocycles. The molecule has 0 fully saturated rings. The molecule has 0 spiro atoms. The summed E-state index contributed by atoms with van der Waals surface area (Å²) in [5, 5.41) is 4.60. The summed E-state index contributed by atoms with van der Waals surface area (Å²) in [6.07, 6.45) is 0. The van der Waals surface area contributed by atoms with E-state index in [4.69, 9.17) is 11.6 Å². The molecule has 0 bridgehead atoms. The third kappa shape index (κ3) is 4.41. The van der Waals surface area contributed by atoms with Crippen LogP contribution in [0.3, 0.4) is 0 Å². The second-order valence-electron chi connectivity index (χ2n) is 4.17. The monoisotopic (exact) mass is 347 g/mol. The predicted octanol–water partition coefficient (Wildman–Crippen LogP) is 3.59. The maximum absolute atomic E-state index is 12.1. The number of nitrogens with one attached hydrogen (secondary N) is 1. The SMILES string of the molecule is C[C@@H](c1cccs1)[S@@](=O)CC(=O)NCc1ccc(Cl)s1. The first-order valence-electron chi connectivity index (χ1n) is 5.97. The summed E-state index contributed by atoms with van der Waals surface area (Å²) >= 11 is 8.81. The quantitative estimate of drug-likeness (QED) is 0.868. The number of hydrogen-bond donors (Lipinski definition) is 1. The second kappa shape index (κ2) is 7.36. The Kier molecular flexibility index (Phi) is 5.77. The molecule has 2 aromatic heterocycles. The Bertz CT molecular complexity index is 595. The van der Waals surface area contributed by atoms with E-state index in [1.54, 1.807) is 17.4 Å². The van der Waals surface area contributed by atoms with Crippen molar-refractivity contribution in [3.63, 3.8) is 0 Å². The van der Waals surface area contributed by atoms with Gasteiger partial charge in [0.2, 0.25) is 5.91 Å². The Labute approximate surface area is 133 Å². The highest BCUT2D eigenvalue weighted by Crippen LogP contribution is 2.24. The minimum Gasteiger partial charge on any atom is -0.350 e. The van der Waals surface area contributed by atoms with Crippen LogP contribution in [-0.2, 0) is 22.1 Å². The normalized spacial score (nSPS) is 13.9. The third-order valence-corrected chi connectivity index (χ3v) is 6.72. The van der Waals surface area contributed by atoms with Crippen LogP contribution in [-0.4, -0.2) is 15.9 Å². The van der Waals surface area contributed by atoms with Gasteiger partial charge in [-0.15, -0.1) is 22.7 Å². The van der Waals surface area contributed by atoms with Crippen LogP contribution in [0.4, 0.5) is 0 Å². The van der Waals surface area contributed by atoms with Crippen LogP contribution in [0.25, 0.3) is 0 Å². The van der Waals surface area contributed by atoms with Gasteiger partial charge in [-0.05, 0) is 30.5 Å². The molecular weight excluding hydrogens is 334 g/mol. The first-order valence-corrected chi connectivity index (χ1v) is 9.43. The molecule has 1 amide bonds. The number of thiophene rings is 2. The lowest BCUT2D eigenvalue weighted by Gasteiger charge is -2.09. The molecular formula is C13H14ClNO2S3. The maximum atomic E-state index is 12.1. The third-order valence-electron chi connectivity index (χ3n) is 2.70. The van der Waals surface area contributed by atoms with Crippen molar-refractivity contribution in [1.82, 2.24) is 5.32 Å². The molecule has 108 valence electrons. The van der Waals surface area contributed by atoms with Crippen molar-refractivity contribution in [3.8, 4) is 0 Å². The highest BCUT2D eigenvalue weighted by atomic mass is 35.5. The summed E-state index contributed by atoms with van der Waals surface area (Å²) < 4.78 is 12.8. The molecule has 0 aliphatic heterocycles. The van der Waals surface area contributed by atoms with Gasteiger partial charge in [-0.2, -0.15) is 0 Å². The van der Waals surface area contributed by atoms with Crippen LogP contribution in [0.15, 0.2) is 29.6 Å². The Morgan fingerprint density at radius 2 is 2.25 bits per heavy atom. The smallest absolute Gasteiger partial charge is 0.232 e. The van der Waals surface area contributed by atoms with E-state index in [1.165, 1.54) is 11.3 Å². The van der Waals surface area contributed by atoms with E-state index < -0.39 is 10.8 Å². The summed E-state index contributed by atoms with van der Waals surface area (Å²) in [6, 6.07) is 7.54. The van der Waals surface area contributed by atoms with Gasteiger partial charge in [-0.1, -0.05) is 17.7 Å². The van der Waals surface area contributed by atoms with Gasteiger partial charge < -0.3 is 5.32 Å². The molecule has 20 heavy (non-hydrogen) atoms. The lowest BCUT2D eigenvalue weighted by atomic mass is 10.4. The highest BCUT2D eigenvalue weighted by molar-refractivity contribution is 7.86. The van der Waals surface area contributed by atoms with Gasteiger partial charge in [0.25, 0.3) is 0 Å². The zero-order chi connectivity index (χ0) is 14.5. The summed E-state index contributed by atoms with van der Waals surface area (Å²) in [6.45, 7) is 2.31. The van der Waals surface area contributed by atoms with Crippen LogP contribution in [0, 0.1) is 0 Å². The number of carbonyl (C=O) groups is 1. The molecule has 0 aliphatic rings. The Balaban J connectivity index is 1.80. The van der Waals surface area contributed by atoms with E-state index in [-0.39, 0.29) is 16.9 Å². The molecule has 0 saturated heterocycles. The number of halogens is 1. The molecule has 2 atom stereocenters. The van der Waals surface area contributed by atoms with E-state index in [1.807, 2.05) is 30.5 Å². The number of rotatable bonds is 6. The van der Waals surface area contributed by atoms with Gasteiger partial charge in [0.15, 0.2) is 0 Å². The van der Waals surface area contributed by atoms with Crippen LogP contribution in [0.2, 0.25) is 4.34 Å². The first-order chi connectivity index (χ1) is 9.56. The van der Waals surface area contributed by atoms with Crippen LogP contribution in [0.5, 0.6) is 0 Å². The van der Waals surface area contributed by atoms with E-state index >= 15 is 0 Å². The van der Waals surface area contributed by atoms with Crippen molar-refractivity contribution in [2.45, 2.75) is 18.7 Å². The van der Waals surface area contributed by atoms with Crippen LogP contribution >= 0.6 is 34.3 Å². The van der Waals surface area contributed by atoms with E-state index in [0.29, 0.717) is 10.9 Å². The van der Waals surface area contributed by atoms with E-state index in [9.17, 15) is 9.00 Å². The molecule has 0 radical (unpaired) electrons. The lowest BCUT2D eigenvalue weighted by molar-refractivity contribution is -0.118. The zero-order valence-corrected chi connectivity index (χ0v) is 14.0. The lowest BCUT2D eigenvalue weighted by Crippen LogP contribution is -2.28. The number of hydrogen-bond acceptors (Lipinski definition) is 4. The minimum absolute atomic E-state index is 0.0260. The van der Waals surface area contributed by atoms with Crippen molar-refractivity contribution in [1.29, 1.82) is 0 Å². The Morgan fingerprint density at radius 3 is 2.85 bits per heavy atom. The van der Waals surface area contributed by atoms with Gasteiger partial charge in [0, 0.05) is 20.6 Å². The standard InChI is InChI=1S/C13H14ClNO2S3/c1-9(11-3-2-6-18-11)20(17)8-13(16)15-7-10-4-5-12(14)19-10/h2-6,9H,7-8H2,1H3,(H,15,16)/t9-,20-/m0/s1. The van der Waals surface area contributed by atoms with Crippen molar-refractivity contribution in [2.75, 3.05) is 5.75 Å². The molecule has 3 nitrogen and oxygen atoms in total. The predicted molar refractivity (Wildman–Crippen MR) is 86.9 cm³/mol. The van der Waals surface area contributed by atoms with E-state index in [0.717, 1.165) is 9.75 Å². The van der Waals surface area contributed by atoms with Crippen molar-refractivity contribution in [2.24, 2.45) is 0 Å². The van der Waals surface area contributed by atoms with Gasteiger partial charge >= 0.3 is 0 Å². The molecule has 0 aliphatic carbocycles. The second-order valence-corrected chi connectivity index (χ2v) is 8.70. The first kappa shape index (κ1) is 15.7. The van der Waals surface area contributed by atoms with Gasteiger partial charge in [0.05, 0.1) is 16.1 Å². The number of amides is 1. The Morgan fingerprint density at radius 1 is 1.45 bits per heavy atom. The van der Waals surface area contributed by atoms with Gasteiger partial charge in [-0.25, -0.2) is 0 Å². The summed E-state index contributed by atoms with van der Waals surface area (Å²) in [4.78, 5) is 13.8. The fourth-order valence-electron chi connectivity index (χ4n) is 1.59. The van der Waals surface area contributed by atoms with Gasteiger partial charge in [0.1, 0.15) is 5.75 Å². The Hall–Kier alpha value is -0.690. The molecule has 2 heterocycles. The molecule has 2 aromatic rings. The van der Waals surface area contributed by atoms with E-state index in [2.05, 4.69) is 5.32 Å². The molecule has 0 unspecified atom stereocenters. The summed E-state index contributed by atoms with van der Waals surface area (Å²) in [7, 11) is -1.20. The van der Waals surface area contributed by atoms with Crippen LogP contribution in [0.1, 0.15) is 21.9 Å². The summed E-state index contributed by atoms with van der Waals surface area (Å²) in [5.41, 5.74) is 0. The van der Waals surface area contributed by atoms with Crippen LogP contribution < -0.4 is 5.32 Å². The average Bonchev–Trinajstić information content (AvgIpc) is 3.06. The molecule has 7 heteroatoms. The van der Waals surface area contributed by atoms with Crippen molar-refractivity contribution in [3.05, 3.63) is 43.7 Å². The topological polar surface area (TPSA) is 46.2 Å². The molecule has 1 N–H and O–H groups in total. The zero-order valence-electron chi connectivity index (χ0n) is 10.8. The fraction of sp³-hybridized carbons (Fsp3) is 0.308. The van der Waals surface area contributed by atoms with Gasteiger partial charge in [-0.3, -0.25) is 9.00 Å². The minimum atomic E-state index is -1.20. The summed E-state index contributed by atoms with van der Waals surface area (Å²) in [5.74, 6) is -0.172. The maximum Gasteiger partial charge on any atom is 0.232 e. The largest absolute Gasteiger partial charge is 0.350 e. The highest BCUT2D eigenvalue weighted by Gasteiger charge is 2.17. The average molecular weight is 348 g/mol. The fourth-order valence-corrected chi connectivity index (χ4v) is 4.72.